The molecule has 1 aromatic rings. The van der Waals surface area contributed by atoms with Gasteiger partial charge in [0.1, 0.15) is 6.04 Å². The first-order chi connectivity index (χ1) is 8.16. The molecule has 3 amide bonds. The Hall–Kier alpha value is -1.43. The van der Waals surface area contributed by atoms with Gasteiger partial charge in [-0.25, -0.2) is 9.78 Å². The molecule has 0 aliphatic carbocycles. The van der Waals surface area contributed by atoms with E-state index in [2.05, 4.69) is 4.98 Å². The molecule has 1 aromatic heterocycles. The predicted molar refractivity (Wildman–Crippen MR) is 62.5 cm³/mol. The van der Waals surface area contributed by atoms with Crippen molar-refractivity contribution in [2.24, 2.45) is 0 Å². The number of hydrogen-bond donors (Lipinski definition) is 0. The van der Waals surface area contributed by atoms with E-state index in [9.17, 15) is 9.59 Å². The predicted octanol–water partition coefficient (Wildman–Crippen LogP) is 1.38. The maximum atomic E-state index is 12.0. The maximum absolute atomic E-state index is 12.0. The van der Waals surface area contributed by atoms with Gasteiger partial charge in [-0.15, -0.1) is 11.3 Å². The number of hydrogen-bond acceptors (Lipinski definition) is 4. The van der Waals surface area contributed by atoms with Crippen molar-refractivity contribution in [1.82, 2.24) is 14.8 Å². The summed E-state index contributed by atoms with van der Waals surface area (Å²) in [6.07, 6.45) is 1.74. The van der Waals surface area contributed by atoms with Crippen LogP contribution in [0.4, 0.5) is 4.79 Å². The van der Waals surface area contributed by atoms with Crippen LogP contribution < -0.4 is 0 Å². The number of imide groups is 1. The zero-order valence-corrected chi connectivity index (χ0v) is 10.4. The van der Waals surface area contributed by atoms with Gasteiger partial charge in [0.05, 0.1) is 17.2 Å². The molecule has 0 unspecified atom stereocenters. The summed E-state index contributed by atoms with van der Waals surface area (Å²) in [5, 5.41) is 2.86. The lowest BCUT2D eigenvalue weighted by Crippen LogP contribution is -2.32. The molecule has 1 atom stereocenters. The number of urea groups is 1. The second-order valence-corrected chi connectivity index (χ2v) is 5.48. The monoisotopic (exact) mass is 251 g/mol. The molecule has 2 aliphatic rings. The van der Waals surface area contributed by atoms with Gasteiger partial charge in [0.15, 0.2) is 0 Å². The third kappa shape index (κ3) is 1.63. The molecule has 0 aromatic carbocycles. The first kappa shape index (κ1) is 10.7. The molecule has 0 bridgehead atoms. The van der Waals surface area contributed by atoms with E-state index in [1.807, 2.05) is 12.3 Å². The lowest BCUT2D eigenvalue weighted by molar-refractivity contribution is -0.128. The Morgan fingerprint density at radius 3 is 3.00 bits per heavy atom. The lowest BCUT2D eigenvalue weighted by Gasteiger charge is -2.13. The molecule has 90 valence electrons. The second kappa shape index (κ2) is 3.80. The normalized spacial score (nSPS) is 23.7. The van der Waals surface area contributed by atoms with Crippen LogP contribution in [0.2, 0.25) is 0 Å². The average Bonchev–Trinajstić information content (AvgIpc) is 2.96. The third-order valence-electron chi connectivity index (χ3n) is 3.27. The lowest BCUT2D eigenvalue weighted by atomic mass is 10.2. The minimum absolute atomic E-state index is 0.0573. The molecular weight excluding hydrogens is 238 g/mol. The second-order valence-electron chi connectivity index (χ2n) is 4.42. The Morgan fingerprint density at radius 2 is 2.35 bits per heavy atom. The summed E-state index contributed by atoms with van der Waals surface area (Å²) in [6.45, 7) is 2.94. The highest BCUT2D eigenvalue weighted by atomic mass is 32.1. The Morgan fingerprint density at radius 1 is 1.53 bits per heavy atom. The van der Waals surface area contributed by atoms with Crippen molar-refractivity contribution in [2.75, 3.05) is 6.54 Å². The van der Waals surface area contributed by atoms with E-state index in [4.69, 9.17) is 0 Å². The van der Waals surface area contributed by atoms with Gasteiger partial charge in [0, 0.05) is 11.9 Å². The van der Waals surface area contributed by atoms with Crippen molar-refractivity contribution in [2.45, 2.75) is 32.4 Å². The maximum Gasteiger partial charge on any atom is 0.327 e. The summed E-state index contributed by atoms with van der Waals surface area (Å²) in [5.41, 5.74) is 0.801. The molecule has 3 heterocycles. The molecule has 0 N–H and O–H groups in total. The van der Waals surface area contributed by atoms with Crippen molar-refractivity contribution in [1.29, 1.82) is 0 Å². The number of aromatic nitrogens is 1. The van der Waals surface area contributed by atoms with Gasteiger partial charge in [-0.3, -0.25) is 9.69 Å². The van der Waals surface area contributed by atoms with Crippen LogP contribution in [0.3, 0.4) is 0 Å². The van der Waals surface area contributed by atoms with Crippen molar-refractivity contribution in [3.8, 4) is 0 Å². The van der Waals surface area contributed by atoms with Crippen molar-refractivity contribution < 1.29 is 9.59 Å². The number of carbonyl (C=O) groups is 2. The van der Waals surface area contributed by atoms with E-state index in [0.29, 0.717) is 13.1 Å². The van der Waals surface area contributed by atoms with Crippen LogP contribution in [0, 0.1) is 6.92 Å². The third-order valence-corrected chi connectivity index (χ3v) is 4.09. The standard InChI is InChI=1S/C11H13N3O2S/c1-7-12-8(6-17-7)5-14-10(15)9-3-2-4-13(9)11(14)16/h6,9H,2-5H2,1H3/t9-/m0/s1. The molecule has 2 aliphatic heterocycles. The van der Waals surface area contributed by atoms with Gasteiger partial charge in [0.25, 0.3) is 5.91 Å². The number of rotatable bonds is 2. The summed E-state index contributed by atoms with van der Waals surface area (Å²) in [7, 11) is 0. The van der Waals surface area contributed by atoms with Crippen LogP contribution in [-0.4, -0.2) is 39.3 Å². The minimum atomic E-state index is -0.206. The molecule has 6 heteroatoms. The molecule has 0 radical (unpaired) electrons. The summed E-state index contributed by atoms with van der Waals surface area (Å²) < 4.78 is 0. The summed E-state index contributed by atoms with van der Waals surface area (Å²) in [6, 6.07) is -0.356. The molecule has 0 saturated carbocycles. The Kier molecular flexibility index (Phi) is 2.39. The highest BCUT2D eigenvalue weighted by Crippen LogP contribution is 2.28. The number of nitrogens with zero attached hydrogens (tertiary/aromatic N) is 3. The van der Waals surface area contributed by atoms with Crippen LogP contribution in [0.25, 0.3) is 0 Å². The van der Waals surface area contributed by atoms with E-state index >= 15 is 0 Å². The fourth-order valence-corrected chi connectivity index (χ4v) is 3.07. The average molecular weight is 251 g/mol. The summed E-state index contributed by atoms with van der Waals surface area (Å²) >= 11 is 1.54. The van der Waals surface area contributed by atoms with Crippen LogP contribution >= 0.6 is 11.3 Å². The van der Waals surface area contributed by atoms with E-state index < -0.39 is 0 Å². The number of fused-ring (bicyclic) bond motifs is 1. The number of aryl methyl sites for hydroxylation is 1. The van der Waals surface area contributed by atoms with Gasteiger partial charge < -0.3 is 4.90 Å². The number of carbonyl (C=O) groups excluding carboxylic acids is 2. The largest absolute Gasteiger partial charge is 0.327 e. The SMILES string of the molecule is Cc1nc(CN2C(=O)[C@@H]3CCCN3C2=O)cs1. The molecule has 3 rings (SSSR count). The molecule has 17 heavy (non-hydrogen) atoms. The summed E-state index contributed by atoms with van der Waals surface area (Å²) in [4.78, 5) is 31.4. The van der Waals surface area contributed by atoms with E-state index in [0.717, 1.165) is 23.5 Å². The molecule has 2 fully saturated rings. The van der Waals surface area contributed by atoms with E-state index in [1.165, 1.54) is 16.2 Å². The van der Waals surface area contributed by atoms with Gasteiger partial charge in [-0.05, 0) is 19.8 Å². The van der Waals surface area contributed by atoms with E-state index in [1.54, 1.807) is 4.90 Å². The van der Waals surface area contributed by atoms with Crippen molar-refractivity contribution in [3.05, 3.63) is 16.1 Å². The molecule has 5 nitrogen and oxygen atoms in total. The minimum Gasteiger partial charge on any atom is -0.312 e. The van der Waals surface area contributed by atoms with Crippen molar-refractivity contribution in [3.63, 3.8) is 0 Å². The van der Waals surface area contributed by atoms with Gasteiger partial charge >= 0.3 is 6.03 Å². The van der Waals surface area contributed by atoms with Crippen LogP contribution in [0.15, 0.2) is 5.38 Å². The quantitative estimate of drug-likeness (QED) is 0.746. The van der Waals surface area contributed by atoms with Crippen LogP contribution in [0.5, 0.6) is 0 Å². The zero-order chi connectivity index (χ0) is 12.0. The first-order valence-corrected chi connectivity index (χ1v) is 6.58. The number of amides is 3. The highest BCUT2D eigenvalue weighted by molar-refractivity contribution is 7.09. The van der Waals surface area contributed by atoms with Crippen molar-refractivity contribution >= 4 is 23.3 Å². The first-order valence-electron chi connectivity index (χ1n) is 5.70. The Balaban J connectivity index is 1.80. The molecular formula is C11H13N3O2S. The fraction of sp³-hybridized carbons (Fsp3) is 0.545. The topological polar surface area (TPSA) is 53.5 Å². The van der Waals surface area contributed by atoms with Crippen LogP contribution in [-0.2, 0) is 11.3 Å². The molecule has 0 spiro atoms. The Labute approximate surface area is 103 Å². The van der Waals surface area contributed by atoms with Gasteiger partial charge in [-0.1, -0.05) is 0 Å². The van der Waals surface area contributed by atoms with Crippen LogP contribution in [0.1, 0.15) is 23.5 Å². The Bertz CT molecular complexity index is 463. The highest BCUT2D eigenvalue weighted by Gasteiger charge is 2.47. The molecule has 2 saturated heterocycles. The van der Waals surface area contributed by atoms with E-state index in [-0.39, 0.29) is 18.0 Å². The van der Waals surface area contributed by atoms with Gasteiger partial charge in [0.2, 0.25) is 0 Å². The fourth-order valence-electron chi connectivity index (χ4n) is 2.47. The van der Waals surface area contributed by atoms with Gasteiger partial charge in [-0.2, -0.15) is 0 Å². The smallest absolute Gasteiger partial charge is 0.312 e. The number of thiazole rings is 1. The summed E-state index contributed by atoms with van der Waals surface area (Å²) in [5.74, 6) is -0.0573. The zero-order valence-electron chi connectivity index (χ0n) is 9.55.